The predicted molar refractivity (Wildman–Crippen MR) is 102 cm³/mol. The Bertz CT molecular complexity index is 888. The van der Waals surface area contributed by atoms with Crippen molar-refractivity contribution < 1.29 is 9.53 Å². The first-order valence-electron chi connectivity index (χ1n) is 9.00. The molecule has 2 heterocycles. The summed E-state index contributed by atoms with van der Waals surface area (Å²) in [6.07, 6.45) is 9.57. The van der Waals surface area contributed by atoms with Crippen molar-refractivity contribution in [2.24, 2.45) is 10.2 Å². The van der Waals surface area contributed by atoms with Crippen LogP contribution >= 0.6 is 0 Å². The van der Waals surface area contributed by atoms with Crippen molar-refractivity contribution in [1.29, 1.82) is 0 Å². The number of amides is 1. The minimum absolute atomic E-state index is 0.152. The van der Waals surface area contributed by atoms with Crippen LogP contribution < -0.4 is 10.1 Å². The molecule has 0 saturated heterocycles. The number of terminal acetylenes is 1. The predicted octanol–water partition coefficient (Wildman–Crippen LogP) is 3.14. The van der Waals surface area contributed by atoms with Crippen LogP contribution in [0.1, 0.15) is 42.2 Å². The van der Waals surface area contributed by atoms with Gasteiger partial charge in [-0.1, -0.05) is 19.1 Å². The minimum atomic E-state index is -0.394. The van der Waals surface area contributed by atoms with Crippen LogP contribution in [0, 0.1) is 12.3 Å². The van der Waals surface area contributed by atoms with Gasteiger partial charge in [0, 0.05) is 25.8 Å². The van der Waals surface area contributed by atoms with Gasteiger partial charge in [0.1, 0.15) is 11.4 Å². The second-order valence-electron chi connectivity index (χ2n) is 6.33. The molecule has 0 bridgehead atoms. The van der Waals surface area contributed by atoms with E-state index < -0.39 is 5.66 Å². The quantitative estimate of drug-likeness (QED) is 0.693. The van der Waals surface area contributed by atoms with E-state index in [0.717, 1.165) is 17.8 Å². The normalized spacial score (nSPS) is 13.8. The highest BCUT2D eigenvalue weighted by Crippen LogP contribution is 2.36. The molecule has 1 aliphatic heterocycles. The summed E-state index contributed by atoms with van der Waals surface area (Å²) >= 11 is 0. The number of nitrogens with one attached hydrogen (secondary N) is 1. The molecule has 7 nitrogen and oxygen atoms in total. The Hall–Kier alpha value is -3.14. The van der Waals surface area contributed by atoms with Gasteiger partial charge in [0.25, 0.3) is 5.91 Å². The number of carbonyl (C=O) groups excluding carboxylic acids is 1. The summed E-state index contributed by atoms with van der Waals surface area (Å²) in [5.74, 6) is 3.15. The Labute approximate surface area is 158 Å². The number of nitrogens with zero attached hydrogens (tertiary/aromatic N) is 4. The van der Waals surface area contributed by atoms with E-state index in [1.54, 1.807) is 18.0 Å². The first kappa shape index (κ1) is 18.6. The Morgan fingerprint density at radius 3 is 2.78 bits per heavy atom. The van der Waals surface area contributed by atoms with Gasteiger partial charge in [-0.15, -0.1) is 12.3 Å². The van der Waals surface area contributed by atoms with Crippen LogP contribution in [0.25, 0.3) is 5.69 Å². The third-order valence-corrected chi connectivity index (χ3v) is 4.63. The van der Waals surface area contributed by atoms with Crippen molar-refractivity contribution in [2.45, 2.75) is 38.3 Å². The van der Waals surface area contributed by atoms with E-state index in [2.05, 4.69) is 26.6 Å². The Morgan fingerprint density at radius 1 is 1.33 bits per heavy atom. The molecule has 1 amide bonds. The number of aromatic nitrogens is 2. The topological polar surface area (TPSA) is 80.9 Å². The van der Waals surface area contributed by atoms with Crippen LogP contribution in [0.2, 0.25) is 0 Å². The summed E-state index contributed by atoms with van der Waals surface area (Å²) in [5.41, 5.74) is 1.81. The molecule has 0 spiro atoms. The smallest absolute Gasteiger partial charge is 0.254 e. The van der Waals surface area contributed by atoms with E-state index >= 15 is 0 Å². The van der Waals surface area contributed by atoms with Crippen molar-refractivity contribution in [2.75, 3.05) is 13.7 Å². The van der Waals surface area contributed by atoms with Gasteiger partial charge in [-0.05, 0) is 18.6 Å². The van der Waals surface area contributed by atoms with Crippen molar-refractivity contribution in [3.05, 3.63) is 41.7 Å². The first-order chi connectivity index (χ1) is 13.1. The van der Waals surface area contributed by atoms with Crippen LogP contribution in [0.3, 0.4) is 0 Å². The second-order valence-corrected chi connectivity index (χ2v) is 6.33. The lowest BCUT2D eigenvalue weighted by Crippen LogP contribution is -2.28. The molecule has 7 heteroatoms. The molecule has 1 aliphatic rings. The lowest BCUT2D eigenvalue weighted by molar-refractivity contribution is 0.0951. The molecule has 0 aliphatic carbocycles. The first-order valence-corrected chi connectivity index (χ1v) is 9.00. The number of carbonyl (C=O) groups is 1. The molecule has 27 heavy (non-hydrogen) atoms. The standard InChI is InChI=1S/C20H23N5O2/c1-4-6-11-20(23-24-20)12-13-21-19(26)15-14-22-25(16(15)5-2)17-9-7-8-10-18(17)27-3/h1,7-10,14H,5-6,11-13H2,2-3H3,(H,21,26). The molecule has 0 atom stereocenters. The fraction of sp³-hybridized carbons (Fsp3) is 0.400. The molecule has 140 valence electrons. The molecular weight excluding hydrogens is 342 g/mol. The van der Waals surface area contributed by atoms with E-state index in [4.69, 9.17) is 11.2 Å². The summed E-state index contributed by atoms with van der Waals surface area (Å²) in [6.45, 7) is 2.48. The molecule has 2 aromatic rings. The van der Waals surface area contributed by atoms with Crippen LogP contribution in [0.4, 0.5) is 0 Å². The van der Waals surface area contributed by atoms with Crippen LogP contribution in [-0.2, 0) is 6.42 Å². The van der Waals surface area contributed by atoms with Gasteiger partial charge < -0.3 is 10.1 Å². The zero-order chi connectivity index (χ0) is 19.3. The van der Waals surface area contributed by atoms with Crippen LogP contribution in [0.15, 0.2) is 40.7 Å². The highest BCUT2D eigenvalue weighted by Gasteiger charge is 2.38. The Balaban J connectivity index is 1.69. The van der Waals surface area contributed by atoms with Gasteiger partial charge in [0.2, 0.25) is 0 Å². The van der Waals surface area contributed by atoms with E-state index in [-0.39, 0.29) is 5.91 Å². The fourth-order valence-corrected chi connectivity index (χ4v) is 3.06. The Morgan fingerprint density at radius 2 is 2.11 bits per heavy atom. The number of ether oxygens (including phenoxy) is 1. The molecule has 0 saturated carbocycles. The number of methoxy groups -OCH3 is 1. The van der Waals surface area contributed by atoms with E-state index in [9.17, 15) is 4.79 Å². The molecule has 1 aromatic heterocycles. The molecule has 1 aromatic carbocycles. The third kappa shape index (κ3) is 4.00. The van der Waals surface area contributed by atoms with Crippen LogP contribution in [0.5, 0.6) is 5.75 Å². The zero-order valence-electron chi connectivity index (χ0n) is 15.6. The number of para-hydroxylation sites is 2. The van der Waals surface area contributed by atoms with E-state index in [0.29, 0.717) is 37.1 Å². The SMILES string of the molecule is C#CCCC1(CCNC(=O)c2cnn(-c3ccccc3OC)c2CC)N=N1. The lowest BCUT2D eigenvalue weighted by Gasteiger charge is -2.12. The van der Waals surface area contributed by atoms with Gasteiger partial charge in [-0.3, -0.25) is 4.79 Å². The summed E-state index contributed by atoms with van der Waals surface area (Å²) in [5, 5.41) is 15.5. The number of hydrogen-bond acceptors (Lipinski definition) is 5. The van der Waals surface area contributed by atoms with Gasteiger partial charge >= 0.3 is 0 Å². The molecular formula is C20H23N5O2. The average Bonchev–Trinajstić information content (AvgIpc) is 3.33. The zero-order valence-corrected chi connectivity index (χ0v) is 15.6. The summed E-state index contributed by atoms with van der Waals surface area (Å²) in [6, 6.07) is 7.60. The van der Waals surface area contributed by atoms with Crippen molar-refractivity contribution >= 4 is 5.91 Å². The fourth-order valence-electron chi connectivity index (χ4n) is 3.06. The maximum Gasteiger partial charge on any atom is 0.254 e. The highest BCUT2D eigenvalue weighted by atomic mass is 16.5. The highest BCUT2D eigenvalue weighted by molar-refractivity contribution is 5.95. The van der Waals surface area contributed by atoms with E-state index in [1.807, 2.05) is 31.2 Å². The summed E-state index contributed by atoms with van der Waals surface area (Å²) in [7, 11) is 1.62. The maximum absolute atomic E-state index is 12.7. The molecule has 0 fully saturated rings. The molecule has 0 unspecified atom stereocenters. The summed E-state index contributed by atoms with van der Waals surface area (Å²) in [4.78, 5) is 12.7. The average molecular weight is 365 g/mol. The minimum Gasteiger partial charge on any atom is -0.494 e. The van der Waals surface area contributed by atoms with Crippen molar-refractivity contribution in [3.63, 3.8) is 0 Å². The largest absolute Gasteiger partial charge is 0.494 e. The summed E-state index contributed by atoms with van der Waals surface area (Å²) < 4.78 is 7.17. The number of hydrogen-bond donors (Lipinski definition) is 1. The molecule has 3 rings (SSSR count). The molecule has 1 N–H and O–H groups in total. The maximum atomic E-state index is 12.7. The molecule has 0 radical (unpaired) electrons. The second kappa shape index (κ2) is 8.04. The van der Waals surface area contributed by atoms with Gasteiger partial charge in [-0.25, -0.2) is 4.68 Å². The van der Waals surface area contributed by atoms with Crippen molar-refractivity contribution in [3.8, 4) is 23.8 Å². The number of rotatable bonds is 9. The van der Waals surface area contributed by atoms with Crippen molar-refractivity contribution in [1.82, 2.24) is 15.1 Å². The lowest BCUT2D eigenvalue weighted by atomic mass is 10.0. The Kier molecular flexibility index (Phi) is 5.55. The van der Waals surface area contributed by atoms with Gasteiger partial charge in [-0.2, -0.15) is 15.3 Å². The van der Waals surface area contributed by atoms with Gasteiger partial charge in [0.15, 0.2) is 5.66 Å². The van der Waals surface area contributed by atoms with E-state index in [1.165, 1.54) is 0 Å². The third-order valence-electron chi connectivity index (χ3n) is 4.63. The van der Waals surface area contributed by atoms with Crippen LogP contribution in [-0.4, -0.2) is 35.0 Å². The van der Waals surface area contributed by atoms with Gasteiger partial charge in [0.05, 0.1) is 24.6 Å². The monoisotopic (exact) mass is 365 g/mol. The number of benzene rings is 1.